The second-order valence-corrected chi connectivity index (χ2v) is 6.54. The Bertz CT molecular complexity index is 780. The third-order valence-electron chi connectivity index (χ3n) is 4.36. The third-order valence-corrected chi connectivity index (χ3v) is 4.36. The second kappa shape index (κ2) is 9.71. The van der Waals surface area contributed by atoms with Gasteiger partial charge in [0.15, 0.2) is 0 Å². The first-order valence-electron chi connectivity index (χ1n) is 8.95. The molecule has 6 heteroatoms. The first-order chi connectivity index (χ1) is 12.9. The number of hydrogen-bond donors (Lipinski definition) is 2. The number of carbonyl (C=O) groups excluding carboxylic acids is 2. The maximum atomic E-state index is 13.9. The quantitative estimate of drug-likeness (QED) is 0.756. The Labute approximate surface area is 158 Å². The zero-order valence-electron chi connectivity index (χ0n) is 15.8. The molecule has 0 unspecified atom stereocenters. The molecule has 0 saturated carbocycles. The molecule has 5 nitrogen and oxygen atoms in total. The molecular weight excluding hydrogens is 347 g/mol. The van der Waals surface area contributed by atoms with Crippen LogP contribution < -0.4 is 10.6 Å². The average Bonchev–Trinajstić information content (AvgIpc) is 2.67. The fraction of sp³-hybridized carbons (Fsp3) is 0.333. The minimum Gasteiger partial charge on any atom is -0.445 e. The lowest BCUT2D eigenvalue weighted by molar-refractivity contribution is -0.119. The monoisotopic (exact) mass is 372 g/mol. The molecule has 0 radical (unpaired) electrons. The highest BCUT2D eigenvalue weighted by Gasteiger charge is 2.27. The first-order valence-corrected chi connectivity index (χ1v) is 8.95. The van der Waals surface area contributed by atoms with Crippen LogP contribution in [0.5, 0.6) is 0 Å². The number of nitrogens with one attached hydrogen (secondary N) is 2. The van der Waals surface area contributed by atoms with Crippen LogP contribution in [0.4, 0.5) is 14.9 Å². The maximum absolute atomic E-state index is 13.9. The van der Waals surface area contributed by atoms with E-state index in [1.807, 2.05) is 44.2 Å². The lowest BCUT2D eigenvalue weighted by Crippen LogP contribution is -2.48. The highest BCUT2D eigenvalue weighted by Crippen LogP contribution is 2.18. The van der Waals surface area contributed by atoms with Gasteiger partial charge in [0.05, 0.1) is 5.69 Å². The number of anilines is 1. The molecule has 0 saturated heterocycles. The van der Waals surface area contributed by atoms with Crippen LogP contribution in [0.2, 0.25) is 0 Å². The molecule has 0 heterocycles. The fourth-order valence-electron chi connectivity index (χ4n) is 2.54. The second-order valence-electron chi connectivity index (χ2n) is 6.54. The summed E-state index contributed by atoms with van der Waals surface area (Å²) in [5.41, 5.74) is 1.76. The van der Waals surface area contributed by atoms with Crippen molar-refractivity contribution in [1.82, 2.24) is 5.32 Å². The van der Waals surface area contributed by atoms with Gasteiger partial charge in [0.1, 0.15) is 18.5 Å². The highest BCUT2D eigenvalue weighted by atomic mass is 19.1. The zero-order chi connectivity index (χ0) is 19.8. The Kier molecular flexibility index (Phi) is 7.34. The highest BCUT2D eigenvalue weighted by molar-refractivity contribution is 5.96. The van der Waals surface area contributed by atoms with Crippen LogP contribution >= 0.6 is 0 Å². The molecule has 0 aliphatic rings. The Morgan fingerprint density at radius 1 is 1.15 bits per heavy atom. The van der Waals surface area contributed by atoms with Crippen LogP contribution in [0.15, 0.2) is 48.5 Å². The van der Waals surface area contributed by atoms with Crippen molar-refractivity contribution in [1.29, 1.82) is 0 Å². The number of ether oxygens (including phenoxy) is 1. The molecule has 0 spiro atoms. The largest absolute Gasteiger partial charge is 0.445 e. The summed E-state index contributed by atoms with van der Waals surface area (Å²) in [7, 11) is 0. The SMILES string of the molecule is CC[C@H](C)[C@H](NC(=O)OCc1ccccc1)C(=O)Nc1cc(C)ccc1F. The number of alkyl carbamates (subject to hydrolysis) is 1. The number of rotatable bonds is 7. The number of halogens is 1. The van der Waals surface area contributed by atoms with Gasteiger partial charge >= 0.3 is 6.09 Å². The van der Waals surface area contributed by atoms with Gasteiger partial charge in [-0.15, -0.1) is 0 Å². The van der Waals surface area contributed by atoms with Gasteiger partial charge in [0.25, 0.3) is 0 Å². The molecule has 2 aromatic carbocycles. The van der Waals surface area contributed by atoms with Crippen molar-refractivity contribution in [3.8, 4) is 0 Å². The summed E-state index contributed by atoms with van der Waals surface area (Å²) in [5.74, 6) is -1.16. The molecule has 2 atom stereocenters. The van der Waals surface area contributed by atoms with E-state index in [-0.39, 0.29) is 18.2 Å². The van der Waals surface area contributed by atoms with Crippen LogP contribution in [-0.2, 0) is 16.1 Å². The lowest BCUT2D eigenvalue weighted by atomic mass is 9.98. The summed E-state index contributed by atoms with van der Waals surface area (Å²) in [5, 5.41) is 5.16. The predicted molar refractivity (Wildman–Crippen MR) is 103 cm³/mol. The van der Waals surface area contributed by atoms with Gasteiger partial charge in [-0.25, -0.2) is 9.18 Å². The van der Waals surface area contributed by atoms with Crippen molar-refractivity contribution >= 4 is 17.7 Å². The molecule has 144 valence electrons. The van der Waals surface area contributed by atoms with E-state index in [2.05, 4.69) is 10.6 Å². The summed E-state index contributed by atoms with van der Waals surface area (Å²) in [4.78, 5) is 24.8. The molecule has 0 bridgehead atoms. The van der Waals surface area contributed by atoms with Crippen molar-refractivity contribution in [3.05, 3.63) is 65.5 Å². The Morgan fingerprint density at radius 2 is 1.85 bits per heavy atom. The third kappa shape index (κ3) is 6.09. The summed E-state index contributed by atoms with van der Waals surface area (Å²) in [6.07, 6.45) is -0.0307. The van der Waals surface area contributed by atoms with Gasteiger partial charge in [-0.05, 0) is 36.1 Å². The Hall–Kier alpha value is -2.89. The van der Waals surface area contributed by atoms with E-state index >= 15 is 0 Å². The number of carbonyl (C=O) groups is 2. The molecular formula is C21H25FN2O3. The molecule has 2 aromatic rings. The molecule has 2 amide bonds. The van der Waals surface area contributed by atoms with Crippen LogP contribution in [-0.4, -0.2) is 18.0 Å². The lowest BCUT2D eigenvalue weighted by Gasteiger charge is -2.23. The predicted octanol–water partition coefficient (Wildman–Crippen LogP) is 4.41. The van der Waals surface area contributed by atoms with Crippen molar-refractivity contribution in [2.24, 2.45) is 5.92 Å². The van der Waals surface area contributed by atoms with Crippen LogP contribution in [0.1, 0.15) is 31.4 Å². The van der Waals surface area contributed by atoms with E-state index in [9.17, 15) is 14.0 Å². The average molecular weight is 372 g/mol. The molecule has 0 aromatic heterocycles. The van der Waals surface area contributed by atoms with Crippen LogP contribution in [0.3, 0.4) is 0 Å². The molecule has 0 aliphatic heterocycles. The Balaban J connectivity index is 2.02. The zero-order valence-corrected chi connectivity index (χ0v) is 15.8. The summed E-state index contributed by atoms with van der Waals surface area (Å²) in [6, 6.07) is 12.9. The molecule has 0 aliphatic carbocycles. The summed E-state index contributed by atoms with van der Waals surface area (Å²) < 4.78 is 19.1. The molecule has 2 rings (SSSR count). The minimum absolute atomic E-state index is 0.0905. The van der Waals surface area contributed by atoms with E-state index in [1.165, 1.54) is 6.07 Å². The van der Waals surface area contributed by atoms with Crippen molar-refractivity contribution in [2.45, 2.75) is 39.8 Å². The van der Waals surface area contributed by atoms with E-state index in [4.69, 9.17) is 4.74 Å². The molecule has 2 N–H and O–H groups in total. The number of hydrogen-bond acceptors (Lipinski definition) is 3. The van der Waals surface area contributed by atoms with Crippen LogP contribution in [0, 0.1) is 18.7 Å². The van der Waals surface area contributed by atoms with E-state index in [1.54, 1.807) is 19.1 Å². The van der Waals surface area contributed by atoms with E-state index < -0.39 is 23.9 Å². The fourth-order valence-corrected chi connectivity index (χ4v) is 2.54. The van der Waals surface area contributed by atoms with E-state index in [0.29, 0.717) is 6.42 Å². The van der Waals surface area contributed by atoms with Gasteiger partial charge < -0.3 is 15.4 Å². The Morgan fingerprint density at radius 3 is 2.52 bits per heavy atom. The van der Waals surface area contributed by atoms with Gasteiger partial charge in [0, 0.05) is 0 Å². The van der Waals surface area contributed by atoms with Gasteiger partial charge in [-0.1, -0.05) is 56.7 Å². The molecule has 0 fully saturated rings. The topological polar surface area (TPSA) is 67.4 Å². The number of benzene rings is 2. The van der Waals surface area contributed by atoms with Gasteiger partial charge in [0.2, 0.25) is 5.91 Å². The van der Waals surface area contributed by atoms with Crippen molar-refractivity contribution in [2.75, 3.05) is 5.32 Å². The number of aryl methyl sites for hydroxylation is 1. The van der Waals surface area contributed by atoms with Gasteiger partial charge in [-0.3, -0.25) is 4.79 Å². The standard InChI is InChI=1S/C21H25FN2O3/c1-4-15(3)19(20(25)23-18-12-14(2)10-11-17(18)22)24-21(26)27-13-16-8-6-5-7-9-16/h5-12,15,19H,4,13H2,1-3H3,(H,23,25)(H,24,26)/t15-,19-/m0/s1. The first kappa shape index (κ1) is 20.4. The maximum Gasteiger partial charge on any atom is 0.408 e. The van der Waals surface area contributed by atoms with Gasteiger partial charge in [-0.2, -0.15) is 0 Å². The normalized spacial score (nSPS) is 12.7. The summed E-state index contributed by atoms with van der Waals surface area (Å²) >= 11 is 0. The molecule has 27 heavy (non-hydrogen) atoms. The number of amides is 2. The van der Waals surface area contributed by atoms with Crippen molar-refractivity contribution in [3.63, 3.8) is 0 Å². The summed E-state index contributed by atoms with van der Waals surface area (Å²) in [6.45, 7) is 5.66. The van der Waals surface area contributed by atoms with Crippen LogP contribution in [0.25, 0.3) is 0 Å². The van der Waals surface area contributed by atoms with Crippen molar-refractivity contribution < 1.29 is 18.7 Å². The van der Waals surface area contributed by atoms with E-state index in [0.717, 1.165) is 11.1 Å². The smallest absolute Gasteiger partial charge is 0.408 e. The minimum atomic E-state index is -0.835.